The van der Waals surface area contributed by atoms with E-state index in [0.717, 1.165) is 5.56 Å². The van der Waals surface area contributed by atoms with Crippen molar-refractivity contribution in [3.8, 4) is 5.75 Å². The van der Waals surface area contributed by atoms with Crippen LogP contribution >= 0.6 is 11.3 Å². The number of para-hydroxylation sites is 1. The summed E-state index contributed by atoms with van der Waals surface area (Å²) >= 11 is 1.31. The summed E-state index contributed by atoms with van der Waals surface area (Å²) < 4.78 is 12.8. The van der Waals surface area contributed by atoms with Gasteiger partial charge in [0.15, 0.2) is 4.80 Å². The molecule has 0 aliphatic carbocycles. The topological polar surface area (TPSA) is 69.9 Å². The molecule has 7 heteroatoms. The number of methoxy groups -OCH3 is 2. The molecule has 1 aromatic heterocycles. The molecule has 0 amide bonds. The predicted molar refractivity (Wildman–Crippen MR) is 120 cm³/mol. The van der Waals surface area contributed by atoms with Crippen LogP contribution in [0.15, 0.2) is 75.7 Å². The number of carbonyl (C=O) groups excluding carboxylic acids is 1. The van der Waals surface area contributed by atoms with E-state index >= 15 is 0 Å². The van der Waals surface area contributed by atoms with Crippen LogP contribution in [0.2, 0.25) is 0 Å². The number of nitrogens with zero attached hydrogens (tertiary/aromatic N) is 2. The number of hydrogen-bond acceptors (Lipinski definition) is 6. The lowest BCUT2D eigenvalue weighted by atomic mass is 9.94. The number of carbonyl (C=O) groups is 1. The zero-order chi connectivity index (χ0) is 22.0. The van der Waals surface area contributed by atoms with Gasteiger partial charge in [-0.3, -0.25) is 9.36 Å². The first kappa shape index (κ1) is 20.8. The Bertz CT molecular complexity index is 1340. The van der Waals surface area contributed by atoms with Crippen molar-refractivity contribution < 1.29 is 14.3 Å². The summed E-state index contributed by atoms with van der Waals surface area (Å²) in [7, 11) is 2.91. The lowest BCUT2D eigenvalue weighted by Gasteiger charge is -2.26. The maximum absolute atomic E-state index is 13.5. The minimum atomic E-state index is -0.687. The Labute approximate surface area is 183 Å². The van der Waals surface area contributed by atoms with Gasteiger partial charge in [0.1, 0.15) is 11.8 Å². The van der Waals surface area contributed by atoms with Gasteiger partial charge in [0.05, 0.1) is 30.0 Å². The van der Waals surface area contributed by atoms with Gasteiger partial charge in [0.25, 0.3) is 5.56 Å². The van der Waals surface area contributed by atoms with Crippen molar-refractivity contribution in [2.45, 2.75) is 19.4 Å². The number of fused-ring (bicyclic) bond motifs is 1. The van der Waals surface area contributed by atoms with Crippen LogP contribution in [0.1, 0.15) is 30.5 Å². The van der Waals surface area contributed by atoms with Crippen molar-refractivity contribution in [3.63, 3.8) is 0 Å². The number of thiazole rings is 1. The molecule has 0 saturated carbocycles. The van der Waals surface area contributed by atoms with Gasteiger partial charge in [0.2, 0.25) is 0 Å². The van der Waals surface area contributed by atoms with Crippen molar-refractivity contribution >= 4 is 23.4 Å². The molecule has 158 valence electrons. The Hall–Kier alpha value is -3.45. The number of benzene rings is 2. The zero-order valence-corrected chi connectivity index (χ0v) is 18.3. The van der Waals surface area contributed by atoms with Crippen LogP contribution in [0.25, 0.3) is 6.08 Å². The van der Waals surface area contributed by atoms with Crippen LogP contribution in [0.5, 0.6) is 5.75 Å². The summed E-state index contributed by atoms with van der Waals surface area (Å²) in [5.41, 5.74) is 2.38. The number of rotatable bonds is 5. The molecule has 0 unspecified atom stereocenters. The van der Waals surface area contributed by atoms with Crippen LogP contribution in [-0.2, 0) is 9.53 Å². The second kappa shape index (κ2) is 8.73. The number of esters is 1. The van der Waals surface area contributed by atoms with Crippen molar-refractivity contribution in [2.75, 3.05) is 14.2 Å². The fourth-order valence-corrected chi connectivity index (χ4v) is 4.77. The molecule has 0 saturated heterocycles. The van der Waals surface area contributed by atoms with Gasteiger partial charge in [0, 0.05) is 5.56 Å². The van der Waals surface area contributed by atoms with Crippen LogP contribution < -0.4 is 19.6 Å². The minimum Gasteiger partial charge on any atom is -0.496 e. The summed E-state index contributed by atoms with van der Waals surface area (Å²) in [6.45, 7) is 1.93. The van der Waals surface area contributed by atoms with Crippen LogP contribution in [0.4, 0.5) is 0 Å². The second-order valence-corrected chi connectivity index (χ2v) is 7.95. The minimum absolute atomic E-state index is 0.208. The Morgan fingerprint density at radius 2 is 1.84 bits per heavy atom. The third-order valence-corrected chi connectivity index (χ3v) is 6.16. The lowest BCUT2D eigenvalue weighted by molar-refractivity contribution is -0.136. The van der Waals surface area contributed by atoms with Crippen molar-refractivity contribution in [2.24, 2.45) is 4.99 Å². The zero-order valence-electron chi connectivity index (χ0n) is 17.5. The highest BCUT2D eigenvalue weighted by atomic mass is 32.1. The highest BCUT2D eigenvalue weighted by molar-refractivity contribution is 7.07. The summed E-state index contributed by atoms with van der Waals surface area (Å²) in [5.74, 6) is 0.0812. The summed E-state index contributed by atoms with van der Waals surface area (Å²) in [6, 6.07) is 16.3. The Balaban J connectivity index is 2.05. The lowest BCUT2D eigenvalue weighted by Crippen LogP contribution is -2.40. The third kappa shape index (κ3) is 3.72. The molecule has 0 spiro atoms. The normalized spacial score (nSPS) is 16.0. The largest absolute Gasteiger partial charge is 0.496 e. The van der Waals surface area contributed by atoms with E-state index in [1.807, 2.05) is 67.6 Å². The van der Waals surface area contributed by atoms with E-state index in [2.05, 4.69) is 4.99 Å². The van der Waals surface area contributed by atoms with E-state index < -0.39 is 12.0 Å². The van der Waals surface area contributed by atoms with Crippen LogP contribution in [-0.4, -0.2) is 24.8 Å². The third-order valence-electron chi connectivity index (χ3n) is 5.18. The molecule has 3 aromatic rings. The molecule has 31 heavy (non-hydrogen) atoms. The van der Waals surface area contributed by atoms with E-state index in [1.165, 1.54) is 18.4 Å². The number of aromatic nitrogens is 1. The molecular weight excluding hydrogens is 412 g/mol. The number of ether oxygens (including phenoxy) is 2. The second-order valence-electron chi connectivity index (χ2n) is 6.94. The Morgan fingerprint density at radius 1 is 1.13 bits per heavy atom. The van der Waals surface area contributed by atoms with E-state index in [4.69, 9.17) is 9.47 Å². The van der Waals surface area contributed by atoms with E-state index in [9.17, 15) is 9.59 Å². The van der Waals surface area contributed by atoms with Crippen molar-refractivity contribution in [3.05, 3.63) is 96.7 Å². The first-order valence-corrected chi connectivity index (χ1v) is 10.7. The first-order valence-electron chi connectivity index (χ1n) is 9.90. The molecule has 6 nitrogen and oxygen atoms in total. The molecule has 0 radical (unpaired) electrons. The number of hydrogen-bond donors (Lipinski definition) is 0. The highest BCUT2D eigenvalue weighted by Crippen LogP contribution is 2.36. The van der Waals surface area contributed by atoms with Crippen molar-refractivity contribution in [1.82, 2.24) is 4.57 Å². The SMILES string of the molecule is CCC1=C(C(=O)OC)[C@@H](c2ccccc2OC)n2c(s/c(=C\c3ccccc3)c2=O)=N1. The maximum atomic E-state index is 13.5. The van der Waals surface area contributed by atoms with E-state index in [0.29, 0.717) is 38.3 Å². The molecular formula is C24H22N2O4S. The summed E-state index contributed by atoms with van der Waals surface area (Å²) in [6.07, 6.45) is 2.37. The molecule has 0 bridgehead atoms. The quantitative estimate of drug-likeness (QED) is 0.579. The van der Waals surface area contributed by atoms with E-state index in [1.54, 1.807) is 11.7 Å². The molecule has 1 aliphatic heterocycles. The summed E-state index contributed by atoms with van der Waals surface area (Å²) in [5, 5.41) is 0. The van der Waals surface area contributed by atoms with Gasteiger partial charge in [-0.15, -0.1) is 0 Å². The molecule has 1 atom stereocenters. The molecule has 2 aromatic carbocycles. The first-order chi connectivity index (χ1) is 15.1. The van der Waals surface area contributed by atoms with Crippen LogP contribution in [0, 0.1) is 0 Å². The molecule has 0 N–H and O–H groups in total. The van der Waals surface area contributed by atoms with Crippen LogP contribution in [0.3, 0.4) is 0 Å². The smallest absolute Gasteiger partial charge is 0.338 e. The molecule has 1 aliphatic rings. The fourth-order valence-electron chi connectivity index (χ4n) is 3.75. The Morgan fingerprint density at radius 3 is 2.52 bits per heavy atom. The maximum Gasteiger partial charge on any atom is 0.338 e. The molecule has 4 rings (SSSR count). The van der Waals surface area contributed by atoms with Gasteiger partial charge in [-0.2, -0.15) is 0 Å². The molecule has 0 fully saturated rings. The van der Waals surface area contributed by atoms with Crippen molar-refractivity contribution in [1.29, 1.82) is 0 Å². The molecule has 2 heterocycles. The standard InChI is InChI=1S/C24H22N2O4S/c1-4-17-20(23(28)30-3)21(16-12-8-9-13-18(16)29-2)26-22(27)19(31-24(26)25-17)14-15-10-6-5-7-11-15/h5-14,21H,4H2,1-3H3/b19-14-/t21-/m1/s1. The highest BCUT2D eigenvalue weighted by Gasteiger charge is 2.35. The van der Waals surface area contributed by atoms with Gasteiger partial charge in [-0.1, -0.05) is 66.8 Å². The fraction of sp³-hybridized carbons (Fsp3) is 0.208. The predicted octanol–water partition coefficient (Wildman–Crippen LogP) is 2.81. The summed E-state index contributed by atoms with van der Waals surface area (Å²) in [4.78, 5) is 31.6. The monoisotopic (exact) mass is 434 g/mol. The number of allylic oxidation sites excluding steroid dienone is 1. The average Bonchev–Trinajstić information content (AvgIpc) is 3.12. The van der Waals surface area contributed by atoms with Gasteiger partial charge in [-0.25, -0.2) is 9.79 Å². The Kier molecular flexibility index (Phi) is 5.86. The average molecular weight is 435 g/mol. The van der Waals surface area contributed by atoms with Gasteiger partial charge < -0.3 is 9.47 Å². The van der Waals surface area contributed by atoms with Gasteiger partial charge >= 0.3 is 5.97 Å². The van der Waals surface area contributed by atoms with Gasteiger partial charge in [-0.05, 0) is 24.1 Å². The van der Waals surface area contributed by atoms with E-state index in [-0.39, 0.29) is 5.56 Å².